The molecule has 0 heterocycles. The second-order valence-corrected chi connectivity index (χ2v) is 5.58. The molecule has 122 valence electrons. The van der Waals surface area contributed by atoms with Gasteiger partial charge < -0.3 is 19.1 Å². The van der Waals surface area contributed by atoms with Gasteiger partial charge in [-0.3, -0.25) is 0 Å². The van der Waals surface area contributed by atoms with Crippen molar-refractivity contribution in [3.05, 3.63) is 29.3 Å². The van der Waals surface area contributed by atoms with Gasteiger partial charge in [0.15, 0.2) is 0 Å². The van der Waals surface area contributed by atoms with Crippen molar-refractivity contribution in [3.8, 4) is 0 Å². The first kappa shape index (κ1) is 21.6. The summed E-state index contributed by atoms with van der Waals surface area (Å²) in [5, 5.41) is 8.59. The molecule has 0 aromatic heterocycles. The number of ether oxygens (including phenoxy) is 2. The van der Waals surface area contributed by atoms with Gasteiger partial charge in [0.25, 0.3) is 0 Å². The Labute approximate surface area is 145 Å². The minimum Gasteiger partial charge on any atom is -0.744 e. The van der Waals surface area contributed by atoms with Crippen LogP contribution in [-0.4, -0.2) is 49.8 Å². The zero-order valence-electron chi connectivity index (χ0n) is 12.8. The Morgan fingerprint density at radius 1 is 1.09 bits per heavy atom. The minimum absolute atomic E-state index is 0. The molecule has 0 aliphatic heterocycles. The topological polar surface area (TPSA) is 130 Å². The van der Waals surface area contributed by atoms with Gasteiger partial charge in [0.2, 0.25) is 0 Å². The maximum atomic E-state index is 11.8. The van der Waals surface area contributed by atoms with Crippen LogP contribution < -0.4 is 18.9 Å². The predicted octanol–water partition coefficient (Wildman–Crippen LogP) is -2.69. The molecule has 0 unspecified atom stereocenters. The zero-order chi connectivity index (χ0) is 16.8. The van der Waals surface area contributed by atoms with Gasteiger partial charge in [-0.2, -0.15) is 0 Å². The number of carbonyl (C=O) groups excluding carboxylic acids is 2. The molecule has 10 heteroatoms. The van der Waals surface area contributed by atoms with E-state index in [1.165, 1.54) is 0 Å². The second-order valence-electron chi connectivity index (χ2n) is 4.20. The summed E-state index contributed by atoms with van der Waals surface area (Å²) in [6, 6.07) is 2.70. The van der Waals surface area contributed by atoms with Gasteiger partial charge in [0.05, 0.1) is 29.2 Å². The minimum atomic E-state index is -4.87. The normalized spacial score (nSPS) is 10.6. The molecule has 1 aromatic carbocycles. The van der Waals surface area contributed by atoms with Crippen molar-refractivity contribution in [1.82, 2.24) is 0 Å². The van der Waals surface area contributed by atoms with Crippen molar-refractivity contribution in [3.63, 3.8) is 0 Å². The summed E-state index contributed by atoms with van der Waals surface area (Å²) in [5.74, 6) is -1.83. The van der Waals surface area contributed by atoms with Gasteiger partial charge in [0, 0.05) is 0 Å². The van der Waals surface area contributed by atoms with E-state index < -0.39 is 33.6 Å². The summed E-state index contributed by atoms with van der Waals surface area (Å²) < 4.78 is 42.8. The molecule has 8 nitrogen and oxygen atoms in total. The first-order chi connectivity index (χ1) is 10.3. The number of benzene rings is 1. The van der Waals surface area contributed by atoms with E-state index in [1.54, 1.807) is 6.92 Å². The maximum Gasteiger partial charge on any atom is 1.00 e. The van der Waals surface area contributed by atoms with Crippen molar-refractivity contribution in [2.45, 2.75) is 18.2 Å². The van der Waals surface area contributed by atoms with Gasteiger partial charge in [-0.15, -0.1) is 0 Å². The average molecular weight is 338 g/mol. The maximum absolute atomic E-state index is 11.8. The molecule has 0 spiro atoms. The Morgan fingerprint density at radius 2 is 1.57 bits per heavy atom. The van der Waals surface area contributed by atoms with Gasteiger partial charge in [-0.05, 0) is 24.6 Å². The average Bonchev–Trinajstić information content (AvgIpc) is 2.48. The van der Waals surface area contributed by atoms with Crippen LogP contribution in [0.5, 0.6) is 0 Å². The van der Waals surface area contributed by atoms with E-state index in [0.717, 1.165) is 18.2 Å². The van der Waals surface area contributed by atoms with Crippen LogP contribution in [0.15, 0.2) is 23.1 Å². The first-order valence-corrected chi connectivity index (χ1v) is 7.76. The molecule has 1 rings (SSSR count). The van der Waals surface area contributed by atoms with Crippen LogP contribution in [-0.2, 0) is 19.6 Å². The first-order valence-electron chi connectivity index (χ1n) is 6.35. The fourth-order valence-corrected chi connectivity index (χ4v) is 2.02. The smallest absolute Gasteiger partial charge is 0.744 e. The van der Waals surface area contributed by atoms with E-state index in [4.69, 9.17) is 9.84 Å². The number of rotatable bonds is 7. The van der Waals surface area contributed by atoms with E-state index in [2.05, 4.69) is 4.74 Å². The predicted molar refractivity (Wildman–Crippen MR) is 72.3 cm³/mol. The van der Waals surface area contributed by atoms with Crippen molar-refractivity contribution in [1.29, 1.82) is 0 Å². The van der Waals surface area contributed by atoms with E-state index in [-0.39, 0.29) is 43.2 Å². The number of carbonyl (C=O) groups is 2. The van der Waals surface area contributed by atoms with Crippen LogP contribution in [0.2, 0.25) is 0 Å². The van der Waals surface area contributed by atoms with E-state index in [1.807, 2.05) is 0 Å². The molecule has 0 aliphatic carbocycles. The number of aliphatic hydroxyl groups is 1. The molecule has 0 bridgehead atoms. The summed E-state index contributed by atoms with van der Waals surface area (Å²) >= 11 is 0. The van der Waals surface area contributed by atoms with Crippen LogP contribution in [0.25, 0.3) is 0 Å². The van der Waals surface area contributed by atoms with Gasteiger partial charge in [0.1, 0.15) is 16.7 Å². The third-order valence-corrected chi connectivity index (χ3v) is 3.24. The van der Waals surface area contributed by atoms with Crippen LogP contribution in [0.3, 0.4) is 0 Å². The molecule has 1 N–H and O–H groups in total. The number of hydrogen-bond acceptors (Lipinski definition) is 8. The Morgan fingerprint density at radius 3 is 1.96 bits per heavy atom. The molecule has 0 atom stereocenters. The van der Waals surface area contributed by atoms with Crippen LogP contribution in [0.4, 0.5) is 0 Å². The zero-order valence-corrected chi connectivity index (χ0v) is 13.6. The fourth-order valence-electron chi connectivity index (χ4n) is 1.48. The number of esters is 2. The molecule has 23 heavy (non-hydrogen) atoms. The van der Waals surface area contributed by atoms with E-state index in [0.29, 0.717) is 6.42 Å². The molecule has 0 radical (unpaired) electrons. The fraction of sp³-hybridized carbons (Fsp3) is 0.385. The third-order valence-electron chi connectivity index (χ3n) is 2.43. The largest absolute Gasteiger partial charge is 1.00 e. The molecular formula is C13H15LiO8S. The Bertz CT molecular complexity index is 618. The Kier molecular flexibility index (Phi) is 9.12. The van der Waals surface area contributed by atoms with Crippen molar-refractivity contribution in [2.75, 3.05) is 19.8 Å². The van der Waals surface area contributed by atoms with Crippen molar-refractivity contribution < 1.29 is 56.0 Å². The number of hydrogen-bond donors (Lipinski definition) is 1. The van der Waals surface area contributed by atoms with Gasteiger partial charge >= 0.3 is 30.8 Å². The SMILES string of the molecule is CCCOC(=O)c1cc(C(=O)OCCO)cc(S(=O)(=O)[O-])c1.[Li+]. The third kappa shape index (κ3) is 6.72. The van der Waals surface area contributed by atoms with Crippen LogP contribution in [0.1, 0.15) is 34.1 Å². The molecule has 0 saturated carbocycles. The summed E-state index contributed by atoms with van der Waals surface area (Å²) in [4.78, 5) is 22.7. The van der Waals surface area contributed by atoms with Crippen molar-refractivity contribution in [2.24, 2.45) is 0 Å². The summed E-state index contributed by atoms with van der Waals surface area (Å²) in [5.41, 5.74) is -0.546. The van der Waals surface area contributed by atoms with Crippen LogP contribution >= 0.6 is 0 Å². The van der Waals surface area contributed by atoms with Gasteiger partial charge in [-0.25, -0.2) is 18.0 Å². The van der Waals surface area contributed by atoms with Gasteiger partial charge in [-0.1, -0.05) is 6.92 Å². The molecule has 0 fully saturated rings. The second kappa shape index (κ2) is 9.70. The summed E-state index contributed by atoms with van der Waals surface area (Å²) in [7, 11) is -4.87. The summed E-state index contributed by atoms with van der Waals surface area (Å²) in [6.07, 6.45) is 0.552. The number of aliphatic hydroxyl groups excluding tert-OH is 1. The van der Waals surface area contributed by atoms with E-state index in [9.17, 15) is 22.6 Å². The quantitative estimate of drug-likeness (QED) is 0.323. The van der Waals surface area contributed by atoms with Crippen LogP contribution in [0, 0.1) is 0 Å². The van der Waals surface area contributed by atoms with Crippen molar-refractivity contribution >= 4 is 22.1 Å². The molecule has 1 aromatic rings. The standard InChI is InChI=1S/C13H16O8S.Li/c1-2-4-20-12(15)9-6-10(13(16)21-5-3-14)8-11(7-9)22(17,18)19;/h6-8,14H,2-5H2,1H3,(H,17,18,19);/q;+1/p-1. The Balaban J connectivity index is 0.00000484. The molecular weight excluding hydrogens is 323 g/mol. The molecule has 0 saturated heterocycles. The Hall–Kier alpha value is -1.37. The van der Waals surface area contributed by atoms with E-state index >= 15 is 0 Å². The monoisotopic (exact) mass is 338 g/mol. The molecule has 0 aliphatic rings. The molecule has 0 amide bonds. The summed E-state index contributed by atoms with van der Waals surface area (Å²) in [6.45, 7) is 1.15.